The molecule has 0 amide bonds. The SMILES string of the molecule is Cc1cc(C(N)c2ncccc2F)cs1. The third kappa shape index (κ3) is 2.06. The molecule has 1 unspecified atom stereocenters. The zero-order valence-electron chi connectivity index (χ0n) is 8.27. The summed E-state index contributed by atoms with van der Waals surface area (Å²) in [6.45, 7) is 2.00. The van der Waals surface area contributed by atoms with Gasteiger partial charge in [0.15, 0.2) is 0 Å². The summed E-state index contributed by atoms with van der Waals surface area (Å²) < 4.78 is 13.4. The maximum atomic E-state index is 13.4. The van der Waals surface area contributed by atoms with Crippen LogP contribution >= 0.6 is 11.3 Å². The van der Waals surface area contributed by atoms with E-state index in [1.807, 2.05) is 18.4 Å². The maximum Gasteiger partial charge on any atom is 0.146 e. The van der Waals surface area contributed by atoms with Gasteiger partial charge in [-0.25, -0.2) is 4.39 Å². The van der Waals surface area contributed by atoms with Crippen molar-refractivity contribution < 1.29 is 4.39 Å². The van der Waals surface area contributed by atoms with Gasteiger partial charge < -0.3 is 5.73 Å². The van der Waals surface area contributed by atoms with Crippen molar-refractivity contribution in [2.45, 2.75) is 13.0 Å². The van der Waals surface area contributed by atoms with Crippen LogP contribution in [-0.4, -0.2) is 4.98 Å². The van der Waals surface area contributed by atoms with Crippen LogP contribution in [0.1, 0.15) is 22.2 Å². The molecule has 0 bridgehead atoms. The Morgan fingerprint density at radius 1 is 1.53 bits per heavy atom. The molecule has 0 saturated carbocycles. The lowest BCUT2D eigenvalue weighted by atomic mass is 10.1. The van der Waals surface area contributed by atoms with E-state index in [1.165, 1.54) is 6.07 Å². The molecule has 4 heteroatoms. The minimum absolute atomic E-state index is 0.301. The van der Waals surface area contributed by atoms with Gasteiger partial charge >= 0.3 is 0 Å². The van der Waals surface area contributed by atoms with Gasteiger partial charge in [0.25, 0.3) is 0 Å². The highest BCUT2D eigenvalue weighted by Crippen LogP contribution is 2.24. The van der Waals surface area contributed by atoms with Crippen LogP contribution in [0.25, 0.3) is 0 Å². The average molecular weight is 222 g/mol. The van der Waals surface area contributed by atoms with Gasteiger partial charge in [0.1, 0.15) is 5.82 Å². The Morgan fingerprint density at radius 3 is 2.93 bits per heavy atom. The molecule has 78 valence electrons. The first-order valence-corrected chi connectivity index (χ1v) is 5.47. The molecule has 0 fully saturated rings. The molecule has 15 heavy (non-hydrogen) atoms. The molecular formula is C11H11FN2S. The van der Waals surface area contributed by atoms with Gasteiger partial charge in [-0.05, 0) is 36.1 Å². The lowest BCUT2D eigenvalue weighted by Gasteiger charge is -2.09. The fourth-order valence-electron chi connectivity index (χ4n) is 1.41. The Kier molecular flexibility index (Phi) is 2.79. The minimum Gasteiger partial charge on any atom is -0.319 e. The van der Waals surface area contributed by atoms with Crippen LogP contribution in [-0.2, 0) is 0 Å². The first-order chi connectivity index (χ1) is 7.18. The summed E-state index contributed by atoms with van der Waals surface area (Å²) >= 11 is 1.60. The van der Waals surface area contributed by atoms with Gasteiger partial charge in [-0.1, -0.05) is 0 Å². The van der Waals surface area contributed by atoms with E-state index in [-0.39, 0.29) is 5.82 Å². The van der Waals surface area contributed by atoms with Gasteiger partial charge in [-0.2, -0.15) is 0 Å². The van der Waals surface area contributed by atoms with E-state index in [4.69, 9.17) is 5.73 Å². The molecule has 0 aliphatic heterocycles. The van der Waals surface area contributed by atoms with Gasteiger partial charge in [0.2, 0.25) is 0 Å². The number of hydrogen-bond acceptors (Lipinski definition) is 3. The number of aryl methyl sites for hydroxylation is 1. The van der Waals surface area contributed by atoms with Gasteiger partial charge in [-0.15, -0.1) is 11.3 Å². The van der Waals surface area contributed by atoms with Crippen LogP contribution in [0, 0.1) is 12.7 Å². The van der Waals surface area contributed by atoms with Crippen LogP contribution in [0.4, 0.5) is 4.39 Å². The van der Waals surface area contributed by atoms with Crippen molar-refractivity contribution in [1.29, 1.82) is 0 Å². The highest BCUT2D eigenvalue weighted by Gasteiger charge is 2.15. The lowest BCUT2D eigenvalue weighted by Crippen LogP contribution is -2.14. The Bertz CT molecular complexity index is 467. The number of hydrogen-bond donors (Lipinski definition) is 1. The maximum absolute atomic E-state index is 13.4. The molecule has 0 aliphatic carbocycles. The first kappa shape index (κ1) is 10.3. The number of halogens is 1. The summed E-state index contributed by atoms with van der Waals surface area (Å²) in [4.78, 5) is 5.13. The molecule has 0 radical (unpaired) electrons. The molecule has 2 N–H and O–H groups in total. The molecule has 0 aliphatic rings. The van der Waals surface area contributed by atoms with Crippen LogP contribution in [0.5, 0.6) is 0 Å². The fraction of sp³-hybridized carbons (Fsp3) is 0.182. The second-order valence-corrected chi connectivity index (χ2v) is 4.45. The van der Waals surface area contributed by atoms with Crippen molar-refractivity contribution >= 4 is 11.3 Å². The molecular weight excluding hydrogens is 211 g/mol. The zero-order valence-corrected chi connectivity index (χ0v) is 9.09. The molecule has 2 nitrogen and oxygen atoms in total. The smallest absolute Gasteiger partial charge is 0.146 e. The molecule has 2 heterocycles. The van der Waals surface area contributed by atoms with Crippen LogP contribution in [0.2, 0.25) is 0 Å². The summed E-state index contributed by atoms with van der Waals surface area (Å²) in [5.74, 6) is -0.353. The van der Waals surface area contributed by atoms with Gasteiger partial charge in [-0.3, -0.25) is 4.98 Å². The summed E-state index contributed by atoms with van der Waals surface area (Å²) in [6, 6.07) is 4.42. The second-order valence-electron chi connectivity index (χ2n) is 3.34. The zero-order chi connectivity index (χ0) is 10.8. The second kappa shape index (κ2) is 4.08. The van der Waals surface area contributed by atoms with E-state index < -0.39 is 6.04 Å². The highest BCUT2D eigenvalue weighted by molar-refractivity contribution is 7.10. The minimum atomic E-state index is -0.476. The summed E-state index contributed by atoms with van der Waals surface area (Å²) in [7, 11) is 0. The number of thiophene rings is 1. The fourth-order valence-corrected chi connectivity index (χ4v) is 2.15. The number of rotatable bonds is 2. The van der Waals surface area contributed by atoms with Crippen LogP contribution in [0.15, 0.2) is 29.8 Å². The predicted molar refractivity (Wildman–Crippen MR) is 59.3 cm³/mol. The Hall–Kier alpha value is -1.26. The van der Waals surface area contributed by atoms with Crippen molar-refractivity contribution in [3.63, 3.8) is 0 Å². The number of pyridine rings is 1. The van der Waals surface area contributed by atoms with Crippen molar-refractivity contribution in [1.82, 2.24) is 4.98 Å². The predicted octanol–water partition coefficient (Wildman–Crippen LogP) is 2.64. The number of nitrogens with zero attached hydrogens (tertiary/aromatic N) is 1. The Morgan fingerprint density at radius 2 is 2.33 bits per heavy atom. The summed E-state index contributed by atoms with van der Waals surface area (Å²) in [6.07, 6.45) is 1.55. The standard InChI is InChI=1S/C11H11FN2S/c1-7-5-8(6-15-7)10(13)11-9(12)3-2-4-14-11/h2-6,10H,13H2,1H3. The summed E-state index contributed by atoms with van der Waals surface area (Å²) in [5, 5.41) is 1.94. The monoisotopic (exact) mass is 222 g/mol. The van der Waals surface area contributed by atoms with E-state index >= 15 is 0 Å². The van der Waals surface area contributed by atoms with Crippen LogP contribution < -0.4 is 5.73 Å². The molecule has 0 saturated heterocycles. The lowest BCUT2D eigenvalue weighted by molar-refractivity contribution is 0.586. The van der Waals surface area contributed by atoms with E-state index in [1.54, 1.807) is 23.6 Å². The van der Waals surface area contributed by atoms with Gasteiger partial charge in [0, 0.05) is 11.1 Å². The summed E-state index contributed by atoms with van der Waals surface area (Å²) in [5.41, 5.74) is 7.15. The molecule has 2 aromatic heterocycles. The van der Waals surface area contributed by atoms with E-state index in [9.17, 15) is 4.39 Å². The largest absolute Gasteiger partial charge is 0.319 e. The molecule has 0 aromatic carbocycles. The van der Waals surface area contributed by atoms with E-state index in [0.717, 1.165) is 10.4 Å². The Balaban J connectivity index is 2.36. The first-order valence-electron chi connectivity index (χ1n) is 4.59. The average Bonchev–Trinajstić information content (AvgIpc) is 2.65. The highest BCUT2D eigenvalue weighted by atomic mass is 32.1. The van der Waals surface area contributed by atoms with Crippen molar-refractivity contribution in [3.05, 3.63) is 51.7 Å². The van der Waals surface area contributed by atoms with E-state index in [0.29, 0.717) is 5.69 Å². The molecule has 2 aromatic rings. The topological polar surface area (TPSA) is 38.9 Å². The number of nitrogens with two attached hydrogens (primary N) is 1. The third-order valence-corrected chi connectivity index (χ3v) is 3.07. The third-order valence-electron chi connectivity index (χ3n) is 2.19. The Labute approximate surface area is 91.6 Å². The van der Waals surface area contributed by atoms with Gasteiger partial charge in [0.05, 0.1) is 11.7 Å². The quantitative estimate of drug-likeness (QED) is 0.848. The van der Waals surface area contributed by atoms with Crippen molar-refractivity contribution in [2.75, 3.05) is 0 Å². The molecule has 0 spiro atoms. The van der Waals surface area contributed by atoms with E-state index in [2.05, 4.69) is 4.98 Å². The van der Waals surface area contributed by atoms with Crippen molar-refractivity contribution in [3.8, 4) is 0 Å². The molecule has 1 atom stereocenters. The normalized spacial score (nSPS) is 12.7. The van der Waals surface area contributed by atoms with Crippen molar-refractivity contribution in [2.24, 2.45) is 5.73 Å². The number of aromatic nitrogens is 1. The van der Waals surface area contributed by atoms with Crippen LogP contribution in [0.3, 0.4) is 0 Å². The molecule has 2 rings (SSSR count).